The van der Waals surface area contributed by atoms with Crippen molar-refractivity contribution in [1.29, 1.82) is 0 Å². The summed E-state index contributed by atoms with van der Waals surface area (Å²) in [5.41, 5.74) is 8.95. The van der Waals surface area contributed by atoms with E-state index in [1.54, 1.807) is 12.1 Å². The van der Waals surface area contributed by atoms with Crippen LogP contribution >= 0.6 is 12.4 Å². The average molecular weight is 377 g/mol. The highest BCUT2D eigenvalue weighted by atomic mass is 35.5. The van der Waals surface area contributed by atoms with Gasteiger partial charge < -0.3 is 20.5 Å². The molecule has 0 aromatic heterocycles. The first-order valence-corrected chi connectivity index (χ1v) is 8.61. The van der Waals surface area contributed by atoms with Gasteiger partial charge in [0.05, 0.1) is 13.2 Å². The van der Waals surface area contributed by atoms with Crippen LogP contribution in [-0.2, 0) is 11.3 Å². The van der Waals surface area contributed by atoms with Gasteiger partial charge in [0.15, 0.2) is 0 Å². The SMILES string of the molecule is Cc1cc(NC(=O)c2ccc(CN)cc2)ccc1OC1CCOCC1.Cl. The number of carbonyl (C=O) groups is 1. The number of hydrogen-bond acceptors (Lipinski definition) is 4. The normalized spacial score (nSPS) is 14.4. The van der Waals surface area contributed by atoms with Crippen LogP contribution in [0.5, 0.6) is 5.75 Å². The summed E-state index contributed by atoms with van der Waals surface area (Å²) in [6.07, 6.45) is 2.03. The summed E-state index contributed by atoms with van der Waals surface area (Å²) < 4.78 is 11.4. The number of halogens is 1. The van der Waals surface area contributed by atoms with E-state index in [0.717, 1.165) is 48.6 Å². The molecule has 1 aliphatic rings. The predicted octanol–water partition coefficient (Wildman–Crippen LogP) is 3.69. The van der Waals surface area contributed by atoms with Crippen molar-refractivity contribution in [3.05, 3.63) is 59.2 Å². The first-order valence-electron chi connectivity index (χ1n) is 8.61. The van der Waals surface area contributed by atoms with Crippen molar-refractivity contribution in [3.63, 3.8) is 0 Å². The fraction of sp³-hybridized carbons (Fsp3) is 0.350. The van der Waals surface area contributed by atoms with Crippen molar-refractivity contribution < 1.29 is 14.3 Å². The quantitative estimate of drug-likeness (QED) is 0.834. The summed E-state index contributed by atoms with van der Waals surface area (Å²) in [5, 5.41) is 2.92. The Morgan fingerprint density at radius 1 is 1.19 bits per heavy atom. The Balaban J connectivity index is 0.00000243. The van der Waals surface area contributed by atoms with E-state index >= 15 is 0 Å². The number of aryl methyl sites for hydroxylation is 1. The van der Waals surface area contributed by atoms with Crippen molar-refractivity contribution in [2.75, 3.05) is 18.5 Å². The molecule has 1 fully saturated rings. The molecule has 0 atom stereocenters. The van der Waals surface area contributed by atoms with Crippen molar-refractivity contribution in [2.45, 2.75) is 32.4 Å². The van der Waals surface area contributed by atoms with Gasteiger partial charge in [-0.2, -0.15) is 0 Å². The molecule has 2 aromatic carbocycles. The van der Waals surface area contributed by atoms with E-state index in [0.29, 0.717) is 12.1 Å². The van der Waals surface area contributed by atoms with Crippen molar-refractivity contribution in [3.8, 4) is 5.75 Å². The van der Waals surface area contributed by atoms with Crippen LogP contribution in [0.1, 0.15) is 34.3 Å². The third-order valence-electron chi connectivity index (χ3n) is 4.35. The molecule has 1 amide bonds. The number of ether oxygens (including phenoxy) is 2. The molecule has 0 radical (unpaired) electrons. The van der Waals surface area contributed by atoms with Crippen molar-refractivity contribution in [2.24, 2.45) is 5.73 Å². The lowest BCUT2D eigenvalue weighted by Crippen LogP contribution is -2.26. The number of anilines is 1. The molecule has 1 aliphatic heterocycles. The molecule has 2 aromatic rings. The van der Waals surface area contributed by atoms with Crippen LogP contribution in [0.4, 0.5) is 5.69 Å². The van der Waals surface area contributed by atoms with E-state index in [9.17, 15) is 4.79 Å². The number of rotatable bonds is 5. The van der Waals surface area contributed by atoms with Gasteiger partial charge in [0.25, 0.3) is 5.91 Å². The Morgan fingerprint density at radius 3 is 2.50 bits per heavy atom. The maximum Gasteiger partial charge on any atom is 0.255 e. The minimum absolute atomic E-state index is 0. The summed E-state index contributed by atoms with van der Waals surface area (Å²) in [7, 11) is 0. The summed E-state index contributed by atoms with van der Waals surface area (Å²) in [6.45, 7) is 3.96. The van der Waals surface area contributed by atoms with Crippen LogP contribution in [0.15, 0.2) is 42.5 Å². The Morgan fingerprint density at radius 2 is 1.88 bits per heavy atom. The highest BCUT2D eigenvalue weighted by Crippen LogP contribution is 2.25. The minimum Gasteiger partial charge on any atom is -0.490 e. The molecule has 3 N–H and O–H groups in total. The Labute approximate surface area is 160 Å². The number of carbonyl (C=O) groups excluding carboxylic acids is 1. The zero-order valence-electron chi connectivity index (χ0n) is 14.9. The molecule has 0 spiro atoms. The molecule has 140 valence electrons. The highest BCUT2D eigenvalue weighted by molar-refractivity contribution is 6.04. The molecule has 0 aliphatic carbocycles. The van der Waals surface area contributed by atoms with E-state index in [4.69, 9.17) is 15.2 Å². The lowest BCUT2D eigenvalue weighted by molar-refractivity contribution is 0.0253. The number of nitrogens with one attached hydrogen (secondary N) is 1. The van der Waals surface area contributed by atoms with E-state index < -0.39 is 0 Å². The minimum atomic E-state index is -0.138. The zero-order chi connectivity index (χ0) is 17.6. The largest absolute Gasteiger partial charge is 0.490 e. The average Bonchev–Trinajstić information content (AvgIpc) is 2.65. The molecule has 0 saturated carbocycles. The second kappa shape index (κ2) is 9.57. The van der Waals surface area contributed by atoms with Crippen LogP contribution in [0.3, 0.4) is 0 Å². The van der Waals surface area contributed by atoms with Crippen LogP contribution in [-0.4, -0.2) is 25.2 Å². The highest BCUT2D eigenvalue weighted by Gasteiger charge is 2.16. The Kier molecular flexibility index (Phi) is 7.45. The second-order valence-electron chi connectivity index (χ2n) is 6.27. The molecule has 0 bridgehead atoms. The maximum absolute atomic E-state index is 12.3. The van der Waals surface area contributed by atoms with Crippen LogP contribution in [0, 0.1) is 6.92 Å². The van der Waals surface area contributed by atoms with Crippen LogP contribution in [0.2, 0.25) is 0 Å². The van der Waals surface area contributed by atoms with Gasteiger partial charge in [0, 0.05) is 30.6 Å². The summed E-state index contributed by atoms with van der Waals surface area (Å²) in [5.74, 6) is 0.721. The summed E-state index contributed by atoms with van der Waals surface area (Å²) in [4.78, 5) is 12.3. The van der Waals surface area contributed by atoms with Crippen molar-refractivity contribution in [1.82, 2.24) is 0 Å². The summed E-state index contributed by atoms with van der Waals surface area (Å²) >= 11 is 0. The molecular weight excluding hydrogens is 352 g/mol. The number of amides is 1. The molecule has 3 rings (SSSR count). The third kappa shape index (κ3) is 5.21. The topological polar surface area (TPSA) is 73.6 Å². The van der Waals surface area contributed by atoms with Gasteiger partial charge in [-0.25, -0.2) is 0 Å². The van der Waals surface area contributed by atoms with E-state index in [1.165, 1.54) is 0 Å². The van der Waals surface area contributed by atoms with E-state index in [1.807, 2.05) is 37.3 Å². The maximum atomic E-state index is 12.3. The molecular formula is C20H25ClN2O3. The smallest absolute Gasteiger partial charge is 0.255 e. The van der Waals surface area contributed by atoms with Crippen LogP contribution in [0.25, 0.3) is 0 Å². The van der Waals surface area contributed by atoms with Crippen LogP contribution < -0.4 is 15.8 Å². The zero-order valence-corrected chi connectivity index (χ0v) is 15.7. The van der Waals surface area contributed by atoms with Crippen molar-refractivity contribution >= 4 is 24.0 Å². The van der Waals surface area contributed by atoms with E-state index in [-0.39, 0.29) is 24.4 Å². The number of benzene rings is 2. The third-order valence-corrected chi connectivity index (χ3v) is 4.35. The lowest BCUT2D eigenvalue weighted by atomic mass is 10.1. The van der Waals surface area contributed by atoms with Gasteiger partial charge in [-0.05, 0) is 48.4 Å². The van der Waals surface area contributed by atoms with Gasteiger partial charge >= 0.3 is 0 Å². The monoisotopic (exact) mass is 376 g/mol. The fourth-order valence-electron chi connectivity index (χ4n) is 2.83. The lowest BCUT2D eigenvalue weighted by Gasteiger charge is -2.24. The molecule has 26 heavy (non-hydrogen) atoms. The van der Waals surface area contributed by atoms with Gasteiger partial charge in [-0.1, -0.05) is 12.1 Å². The summed E-state index contributed by atoms with van der Waals surface area (Å²) in [6, 6.07) is 13.0. The predicted molar refractivity (Wildman–Crippen MR) is 105 cm³/mol. The first kappa shape index (κ1) is 20.2. The fourth-order valence-corrected chi connectivity index (χ4v) is 2.83. The molecule has 1 heterocycles. The van der Waals surface area contributed by atoms with Gasteiger partial charge in [0.2, 0.25) is 0 Å². The van der Waals surface area contributed by atoms with Gasteiger partial charge in [-0.3, -0.25) is 4.79 Å². The molecule has 0 unspecified atom stereocenters. The molecule has 6 heteroatoms. The first-order chi connectivity index (χ1) is 12.2. The number of nitrogens with two attached hydrogens (primary N) is 1. The standard InChI is InChI=1S/C20H24N2O3.ClH/c1-14-12-17(6-7-19(14)25-18-8-10-24-11-9-18)22-20(23)16-4-2-15(13-21)3-5-16;/h2-7,12,18H,8-11,13,21H2,1H3,(H,22,23);1H. The Bertz CT molecular complexity index is 728. The molecule has 5 nitrogen and oxygen atoms in total. The number of hydrogen-bond donors (Lipinski definition) is 2. The Hall–Kier alpha value is -2.08. The molecule has 1 saturated heterocycles. The van der Waals surface area contributed by atoms with Gasteiger partial charge in [-0.15, -0.1) is 12.4 Å². The second-order valence-corrected chi connectivity index (χ2v) is 6.27. The van der Waals surface area contributed by atoms with E-state index in [2.05, 4.69) is 5.32 Å². The van der Waals surface area contributed by atoms with Gasteiger partial charge in [0.1, 0.15) is 11.9 Å².